The van der Waals surface area contributed by atoms with Gasteiger partial charge in [0.2, 0.25) is 0 Å². The summed E-state index contributed by atoms with van der Waals surface area (Å²) in [5.41, 5.74) is 1.41. The number of urea groups is 1. The first-order valence-electron chi connectivity index (χ1n) is 8.99. The van der Waals surface area contributed by atoms with Gasteiger partial charge in [-0.15, -0.1) is 0 Å². The molecule has 1 aliphatic heterocycles. The average Bonchev–Trinajstić information content (AvgIpc) is 3.54. The first-order chi connectivity index (χ1) is 11.7. The van der Waals surface area contributed by atoms with E-state index in [0.717, 1.165) is 18.6 Å². The summed E-state index contributed by atoms with van der Waals surface area (Å²) in [5, 5.41) is 3.20. The molecule has 2 saturated carbocycles. The van der Waals surface area contributed by atoms with E-state index in [1.54, 1.807) is 7.11 Å². The van der Waals surface area contributed by atoms with Gasteiger partial charge in [0.1, 0.15) is 5.75 Å². The maximum Gasteiger partial charge on any atom is 0.317 e. The quantitative estimate of drug-likeness (QED) is 0.903. The van der Waals surface area contributed by atoms with E-state index in [1.165, 1.54) is 18.4 Å². The van der Waals surface area contributed by atoms with Gasteiger partial charge in [-0.05, 0) is 49.3 Å². The number of hydrogen-bond donors (Lipinski definition) is 1. The zero-order valence-corrected chi connectivity index (χ0v) is 14.3. The Kier molecular flexibility index (Phi) is 4.12. The van der Waals surface area contributed by atoms with E-state index in [0.29, 0.717) is 32.2 Å². The topological polar surface area (TPSA) is 50.8 Å². The van der Waals surface area contributed by atoms with Crippen molar-refractivity contribution in [3.05, 3.63) is 29.8 Å². The molecular formula is C19H26N2O3. The van der Waals surface area contributed by atoms with Crippen LogP contribution in [-0.4, -0.2) is 50.4 Å². The second-order valence-electron chi connectivity index (χ2n) is 7.34. The normalized spacial score (nSPS) is 25.2. The number of nitrogens with zero attached hydrogens (tertiary/aromatic N) is 1. The van der Waals surface area contributed by atoms with Crippen LogP contribution in [0.2, 0.25) is 0 Å². The van der Waals surface area contributed by atoms with Gasteiger partial charge in [-0.3, -0.25) is 0 Å². The summed E-state index contributed by atoms with van der Waals surface area (Å²) in [6.45, 7) is 2.78. The third-order valence-corrected chi connectivity index (χ3v) is 5.73. The van der Waals surface area contributed by atoms with E-state index < -0.39 is 0 Å². The fraction of sp³-hybridized carbons (Fsp3) is 0.632. The highest BCUT2D eigenvalue weighted by Crippen LogP contribution is 2.48. The second kappa shape index (κ2) is 6.28. The molecule has 2 aliphatic carbocycles. The first kappa shape index (κ1) is 15.8. The number of carbonyl (C=O) groups excluding carboxylic acids is 1. The Bertz CT molecular complexity index is 593. The smallest absolute Gasteiger partial charge is 0.317 e. The van der Waals surface area contributed by atoms with Crippen molar-refractivity contribution in [2.45, 2.75) is 37.1 Å². The largest absolute Gasteiger partial charge is 0.497 e. The first-order valence-corrected chi connectivity index (χ1v) is 8.99. The molecule has 1 aromatic rings. The number of rotatable bonds is 5. The van der Waals surface area contributed by atoms with Crippen LogP contribution in [0.15, 0.2) is 24.3 Å². The minimum atomic E-state index is 0.0787. The molecule has 3 fully saturated rings. The Morgan fingerprint density at radius 1 is 1.33 bits per heavy atom. The van der Waals surface area contributed by atoms with E-state index in [4.69, 9.17) is 9.47 Å². The minimum absolute atomic E-state index is 0.0787. The SMILES string of the molecule is COc1ccc(C2(CNC(=O)N3CCOCC3C3CC3)CC2)cc1. The zero-order chi connectivity index (χ0) is 16.6. The van der Waals surface area contributed by atoms with Crippen LogP contribution in [0.3, 0.4) is 0 Å². The van der Waals surface area contributed by atoms with E-state index >= 15 is 0 Å². The van der Waals surface area contributed by atoms with Gasteiger partial charge < -0.3 is 19.7 Å². The van der Waals surface area contributed by atoms with Crippen molar-refractivity contribution in [1.82, 2.24) is 10.2 Å². The summed E-state index contributed by atoms with van der Waals surface area (Å²) in [7, 11) is 1.68. The van der Waals surface area contributed by atoms with Crippen molar-refractivity contribution in [3.63, 3.8) is 0 Å². The highest BCUT2D eigenvalue weighted by Gasteiger charge is 2.45. The monoisotopic (exact) mass is 330 g/mol. The van der Waals surface area contributed by atoms with E-state index in [2.05, 4.69) is 17.4 Å². The van der Waals surface area contributed by atoms with Gasteiger partial charge in [0.05, 0.1) is 26.4 Å². The van der Waals surface area contributed by atoms with Gasteiger partial charge in [0, 0.05) is 18.5 Å². The van der Waals surface area contributed by atoms with Crippen molar-refractivity contribution >= 4 is 6.03 Å². The number of nitrogens with one attached hydrogen (secondary N) is 1. The van der Waals surface area contributed by atoms with Crippen molar-refractivity contribution in [2.75, 3.05) is 33.4 Å². The summed E-state index contributed by atoms with van der Waals surface area (Å²) in [4.78, 5) is 14.7. The summed E-state index contributed by atoms with van der Waals surface area (Å²) < 4.78 is 10.8. The number of hydrogen-bond acceptors (Lipinski definition) is 3. The molecule has 5 heteroatoms. The standard InChI is InChI=1S/C19H26N2O3/c1-23-16-6-4-15(5-7-16)19(8-9-19)13-20-18(22)21-10-11-24-12-17(21)14-2-3-14/h4-7,14,17H,2-3,8-13H2,1H3,(H,20,22). The summed E-state index contributed by atoms with van der Waals surface area (Å²) in [6.07, 6.45) is 4.73. The lowest BCUT2D eigenvalue weighted by Crippen LogP contribution is -2.54. The summed E-state index contributed by atoms with van der Waals surface area (Å²) in [6, 6.07) is 8.61. The molecule has 0 bridgehead atoms. The number of carbonyl (C=O) groups is 1. The molecule has 4 rings (SSSR count). The molecule has 1 aromatic carbocycles. The molecule has 0 aromatic heterocycles. The number of methoxy groups -OCH3 is 1. The van der Waals surface area contributed by atoms with Crippen LogP contribution < -0.4 is 10.1 Å². The van der Waals surface area contributed by atoms with Crippen LogP contribution in [0.1, 0.15) is 31.2 Å². The van der Waals surface area contributed by atoms with Crippen molar-refractivity contribution in [1.29, 1.82) is 0 Å². The second-order valence-corrected chi connectivity index (χ2v) is 7.34. The van der Waals surface area contributed by atoms with Crippen LogP contribution in [0, 0.1) is 5.92 Å². The lowest BCUT2D eigenvalue weighted by Gasteiger charge is -2.36. The third kappa shape index (κ3) is 3.09. The highest BCUT2D eigenvalue weighted by molar-refractivity contribution is 5.75. The van der Waals surface area contributed by atoms with Crippen molar-refractivity contribution in [3.8, 4) is 5.75 Å². The van der Waals surface area contributed by atoms with Crippen LogP contribution in [0.4, 0.5) is 4.79 Å². The minimum Gasteiger partial charge on any atom is -0.497 e. The van der Waals surface area contributed by atoms with Gasteiger partial charge in [-0.1, -0.05) is 12.1 Å². The summed E-state index contributed by atoms with van der Waals surface area (Å²) >= 11 is 0. The molecule has 5 nitrogen and oxygen atoms in total. The van der Waals surface area contributed by atoms with E-state index in [9.17, 15) is 4.79 Å². The van der Waals surface area contributed by atoms with Gasteiger partial charge in [0.15, 0.2) is 0 Å². The van der Waals surface area contributed by atoms with Crippen molar-refractivity contribution < 1.29 is 14.3 Å². The predicted octanol–water partition coefficient (Wildman–Crippen LogP) is 2.55. The molecule has 130 valence electrons. The lowest BCUT2D eigenvalue weighted by atomic mass is 9.96. The van der Waals surface area contributed by atoms with Gasteiger partial charge in [0.25, 0.3) is 0 Å². The molecule has 0 spiro atoms. The average molecular weight is 330 g/mol. The molecule has 1 saturated heterocycles. The number of amides is 2. The lowest BCUT2D eigenvalue weighted by molar-refractivity contribution is 0.00463. The number of ether oxygens (including phenoxy) is 2. The number of morpholine rings is 1. The van der Waals surface area contributed by atoms with Gasteiger partial charge in [-0.2, -0.15) is 0 Å². The third-order valence-electron chi connectivity index (χ3n) is 5.73. The Morgan fingerprint density at radius 2 is 2.08 bits per heavy atom. The molecule has 1 unspecified atom stereocenters. The molecule has 3 aliphatic rings. The maximum atomic E-state index is 12.7. The molecule has 2 amide bonds. The Hall–Kier alpha value is -1.75. The maximum absolute atomic E-state index is 12.7. The molecule has 1 N–H and O–H groups in total. The number of benzene rings is 1. The van der Waals surface area contributed by atoms with E-state index in [-0.39, 0.29) is 17.5 Å². The van der Waals surface area contributed by atoms with Crippen LogP contribution in [-0.2, 0) is 10.2 Å². The van der Waals surface area contributed by atoms with E-state index in [1.807, 2.05) is 17.0 Å². The Morgan fingerprint density at radius 3 is 2.71 bits per heavy atom. The highest BCUT2D eigenvalue weighted by atomic mass is 16.5. The predicted molar refractivity (Wildman–Crippen MR) is 91.3 cm³/mol. The fourth-order valence-corrected chi connectivity index (χ4v) is 3.76. The summed E-state index contributed by atoms with van der Waals surface area (Å²) in [5.74, 6) is 1.52. The fourth-order valence-electron chi connectivity index (χ4n) is 3.76. The Balaban J connectivity index is 1.37. The van der Waals surface area contributed by atoms with Crippen LogP contribution in [0.25, 0.3) is 0 Å². The molecule has 1 atom stereocenters. The zero-order valence-electron chi connectivity index (χ0n) is 14.3. The molecule has 0 radical (unpaired) electrons. The molecule has 1 heterocycles. The van der Waals surface area contributed by atoms with Crippen LogP contribution in [0.5, 0.6) is 5.75 Å². The molecular weight excluding hydrogens is 304 g/mol. The van der Waals surface area contributed by atoms with Crippen LogP contribution >= 0.6 is 0 Å². The molecule has 24 heavy (non-hydrogen) atoms. The van der Waals surface area contributed by atoms with Gasteiger partial charge in [-0.25, -0.2) is 4.79 Å². The Labute approximate surface area is 143 Å². The van der Waals surface area contributed by atoms with Crippen molar-refractivity contribution in [2.24, 2.45) is 5.92 Å². The van der Waals surface area contributed by atoms with Gasteiger partial charge >= 0.3 is 6.03 Å².